The van der Waals surface area contributed by atoms with Crippen molar-refractivity contribution in [1.29, 1.82) is 0 Å². The van der Waals surface area contributed by atoms with E-state index in [1.807, 2.05) is 30.3 Å². The second kappa shape index (κ2) is 13.5. The molecule has 0 aliphatic carbocycles. The van der Waals surface area contributed by atoms with Crippen LogP contribution in [0.15, 0.2) is 66.7 Å². The first-order valence-electron chi connectivity index (χ1n) is 18.1. The molecule has 0 aliphatic rings. The molecule has 1 N–H and O–H groups in total. The summed E-state index contributed by atoms with van der Waals surface area (Å²) in [7, 11) is -4.85. The monoisotopic (exact) mass is 662 g/mol. The molecule has 0 bridgehead atoms. The van der Waals surface area contributed by atoms with Crippen LogP contribution in [0.3, 0.4) is 0 Å². The fourth-order valence-electron chi connectivity index (χ4n) is 6.53. The van der Waals surface area contributed by atoms with Crippen LogP contribution in [0.4, 0.5) is 0 Å². The summed E-state index contributed by atoms with van der Waals surface area (Å²) in [4.78, 5) is 14.2. The van der Waals surface area contributed by atoms with E-state index in [2.05, 4.69) is 140 Å². The molecule has 3 aromatic carbocycles. The van der Waals surface area contributed by atoms with E-state index in [1.54, 1.807) is 0 Å². The Labute approximate surface area is 289 Å². The first kappa shape index (κ1) is 39.1. The van der Waals surface area contributed by atoms with E-state index in [0.717, 1.165) is 36.8 Å². The van der Waals surface area contributed by atoms with Crippen molar-refractivity contribution in [3.8, 4) is 11.5 Å². The molecule has 3 nitrogen and oxygen atoms in total. The molecule has 0 saturated carbocycles. The summed E-state index contributed by atoms with van der Waals surface area (Å²) < 4.78 is 15.1. The molecule has 0 fully saturated rings. The van der Waals surface area contributed by atoms with Crippen molar-refractivity contribution in [2.75, 3.05) is 0 Å². The Hall–Kier alpha value is -2.35. The summed E-state index contributed by atoms with van der Waals surface area (Å²) in [5.41, 5.74) is 4.24. The molecule has 0 unspecified atom stereocenters. The summed E-state index contributed by atoms with van der Waals surface area (Å²) in [6, 6.07) is 22.8. The predicted octanol–water partition coefficient (Wildman–Crippen LogP) is 12.7. The predicted molar refractivity (Wildman–Crippen MR) is 207 cm³/mol. The van der Waals surface area contributed by atoms with E-state index in [0.29, 0.717) is 23.2 Å². The molecule has 0 heterocycles. The molecule has 0 spiro atoms. The van der Waals surface area contributed by atoms with E-state index in [-0.39, 0.29) is 21.7 Å². The molecule has 0 atom stereocenters. The number of benzene rings is 3. The molecule has 3 rings (SSSR count). The molecule has 0 saturated heterocycles. The molecule has 4 heteroatoms. The van der Waals surface area contributed by atoms with Crippen molar-refractivity contribution < 1.29 is 13.9 Å². The van der Waals surface area contributed by atoms with Gasteiger partial charge in [-0.25, -0.2) is 0 Å². The van der Waals surface area contributed by atoms with Gasteiger partial charge in [-0.05, 0) is 0 Å². The van der Waals surface area contributed by atoms with Gasteiger partial charge in [-0.3, -0.25) is 0 Å². The van der Waals surface area contributed by atoms with Crippen LogP contribution in [0, 0.1) is 0 Å². The third-order valence-electron chi connectivity index (χ3n) is 12.1. The van der Waals surface area contributed by atoms with Crippen molar-refractivity contribution in [2.45, 2.75) is 163 Å². The second-order valence-electron chi connectivity index (χ2n) is 16.9. The molecule has 3 aromatic rings. The van der Waals surface area contributed by atoms with Gasteiger partial charge in [0.1, 0.15) is 0 Å². The Balaban J connectivity index is 2.60. The van der Waals surface area contributed by atoms with Crippen LogP contribution in [-0.2, 0) is 21.7 Å². The molecule has 0 radical (unpaired) electrons. The molecule has 262 valence electrons. The first-order valence-corrected chi connectivity index (χ1v) is 20.1. The van der Waals surface area contributed by atoms with Gasteiger partial charge in [-0.15, -0.1) is 0 Å². The van der Waals surface area contributed by atoms with Crippen LogP contribution in [0.25, 0.3) is 0 Å². The van der Waals surface area contributed by atoms with Crippen molar-refractivity contribution in [3.63, 3.8) is 0 Å². The molecule has 47 heavy (non-hydrogen) atoms. The minimum atomic E-state index is -4.85. The third-order valence-corrected chi connectivity index (χ3v) is 16.8. The van der Waals surface area contributed by atoms with Crippen LogP contribution in [0.1, 0.15) is 158 Å². The van der Waals surface area contributed by atoms with E-state index in [4.69, 9.17) is 9.05 Å². The van der Waals surface area contributed by atoms with E-state index < -0.39 is 12.4 Å². The second-order valence-corrected chi connectivity index (χ2v) is 20.8. The van der Waals surface area contributed by atoms with Gasteiger partial charge in [0.05, 0.1) is 0 Å². The third kappa shape index (κ3) is 6.91. The zero-order valence-electron chi connectivity index (χ0n) is 32.6. The SMILES string of the molecule is CCC(C)(C)c1cccc(OP(O)(Oc2cccc(C(C)(C)CC)c2C(C)(C)CC)(c2ccccc2)C(C)(C)CC)c1C(C)(C)CC. The normalized spacial score (nSPS) is 14.4. The van der Waals surface area contributed by atoms with Gasteiger partial charge in [-0.1, -0.05) is 0 Å². The minimum absolute atomic E-state index is 0.0840. The van der Waals surface area contributed by atoms with Gasteiger partial charge in [0.2, 0.25) is 0 Å². The molecular weight excluding hydrogens is 595 g/mol. The first-order chi connectivity index (χ1) is 21.6. The molecule has 0 aromatic heterocycles. The van der Waals surface area contributed by atoms with Crippen LogP contribution in [0.2, 0.25) is 0 Å². The van der Waals surface area contributed by atoms with Crippen molar-refractivity contribution in [2.24, 2.45) is 0 Å². The topological polar surface area (TPSA) is 38.7 Å². The molecular formula is C43H67O3P. The fraction of sp³-hybridized carbons (Fsp3) is 0.581. The van der Waals surface area contributed by atoms with Crippen molar-refractivity contribution in [3.05, 3.63) is 89.0 Å². The Kier molecular flexibility index (Phi) is 11.2. The summed E-state index contributed by atoms with van der Waals surface area (Å²) in [6.07, 6.45) is 4.46. The quantitative estimate of drug-likeness (QED) is 0.165. The van der Waals surface area contributed by atoms with Crippen LogP contribution in [0.5, 0.6) is 11.5 Å². The fourth-order valence-corrected chi connectivity index (χ4v) is 10.3. The molecule has 0 amide bonds. The molecule has 0 aliphatic heterocycles. The van der Waals surface area contributed by atoms with Crippen LogP contribution in [-0.4, -0.2) is 10.0 Å². The average Bonchev–Trinajstić information content (AvgIpc) is 3.04. The summed E-state index contributed by atoms with van der Waals surface area (Å²) in [5, 5.41) is -0.0769. The Morgan fingerprint density at radius 3 is 1.15 bits per heavy atom. The Morgan fingerprint density at radius 2 is 0.830 bits per heavy atom. The van der Waals surface area contributed by atoms with Gasteiger partial charge in [0.25, 0.3) is 0 Å². The maximum atomic E-state index is 14.2. The van der Waals surface area contributed by atoms with E-state index >= 15 is 0 Å². The average molecular weight is 663 g/mol. The zero-order chi connectivity index (χ0) is 35.7. The summed E-state index contributed by atoms with van der Waals surface area (Å²) >= 11 is 0. The zero-order valence-corrected chi connectivity index (χ0v) is 33.5. The standard InChI is InChI=1S/C43H67O3P/c1-16-39(6,7)33-28-24-30-35(37(33)41(10,11)18-3)45-47(44,43(14,15)20-5,32-26-22-21-23-27-32)46-36-31-25-29-34(40(8,9)17-2)38(36)42(12,13)19-4/h21-31,44H,16-20H2,1-15H3. The number of rotatable bonds is 15. The van der Waals surface area contributed by atoms with Gasteiger partial charge in [-0.2, -0.15) is 0 Å². The summed E-state index contributed by atoms with van der Waals surface area (Å²) in [6.45, 7) is 33.8. The van der Waals surface area contributed by atoms with Crippen molar-refractivity contribution >= 4 is 12.6 Å². The van der Waals surface area contributed by atoms with Gasteiger partial charge >= 0.3 is 290 Å². The van der Waals surface area contributed by atoms with Crippen molar-refractivity contribution in [1.82, 2.24) is 0 Å². The van der Waals surface area contributed by atoms with Gasteiger partial charge in [0, 0.05) is 0 Å². The van der Waals surface area contributed by atoms with E-state index in [9.17, 15) is 4.89 Å². The Morgan fingerprint density at radius 1 is 0.468 bits per heavy atom. The summed E-state index contributed by atoms with van der Waals surface area (Å²) in [5.74, 6) is 1.42. The van der Waals surface area contributed by atoms with Crippen LogP contribution >= 0.6 is 7.28 Å². The maximum absolute atomic E-state index is 14.2. The van der Waals surface area contributed by atoms with Gasteiger partial charge < -0.3 is 0 Å². The number of hydrogen-bond acceptors (Lipinski definition) is 3. The van der Waals surface area contributed by atoms with Gasteiger partial charge in [0.15, 0.2) is 0 Å². The number of hydrogen-bond donors (Lipinski definition) is 1. The van der Waals surface area contributed by atoms with E-state index in [1.165, 1.54) is 11.1 Å². The Bertz CT molecular complexity index is 1430. The van der Waals surface area contributed by atoms with Crippen LogP contribution < -0.4 is 14.4 Å².